The largest absolute Gasteiger partial charge is 0.444 e. The summed E-state index contributed by atoms with van der Waals surface area (Å²) in [5.74, 6) is -3.20. The summed E-state index contributed by atoms with van der Waals surface area (Å²) in [6.07, 6.45) is -3.25. The Labute approximate surface area is 196 Å². The SMILES string of the molecule is CN(C)c1ccc(N2C(=O)[C@@H](OC(=O)c3ccccc3)[C@H](OC(=O)c3ccccc3)C2=O)cc1. The fourth-order valence-electron chi connectivity index (χ4n) is 3.52. The molecule has 1 fully saturated rings. The second kappa shape index (κ2) is 9.58. The molecule has 4 rings (SSSR count). The van der Waals surface area contributed by atoms with Crippen molar-refractivity contribution in [2.24, 2.45) is 0 Å². The zero-order chi connectivity index (χ0) is 24.2. The summed E-state index contributed by atoms with van der Waals surface area (Å²) >= 11 is 0. The van der Waals surface area contributed by atoms with E-state index in [0.29, 0.717) is 0 Å². The van der Waals surface area contributed by atoms with Gasteiger partial charge in [0.2, 0.25) is 12.2 Å². The van der Waals surface area contributed by atoms with Gasteiger partial charge in [-0.3, -0.25) is 9.59 Å². The Morgan fingerprint density at radius 2 is 1.09 bits per heavy atom. The molecule has 0 radical (unpaired) electrons. The number of imide groups is 1. The summed E-state index contributed by atoms with van der Waals surface area (Å²) in [4.78, 5) is 54.6. The number of carbonyl (C=O) groups is 4. The van der Waals surface area contributed by atoms with Crippen LogP contribution in [0, 0.1) is 0 Å². The van der Waals surface area contributed by atoms with Crippen LogP contribution < -0.4 is 9.80 Å². The van der Waals surface area contributed by atoms with Crippen molar-refractivity contribution in [3.8, 4) is 0 Å². The van der Waals surface area contributed by atoms with Gasteiger partial charge in [-0.2, -0.15) is 0 Å². The monoisotopic (exact) mass is 458 g/mol. The zero-order valence-electron chi connectivity index (χ0n) is 18.6. The molecule has 8 heteroatoms. The molecular formula is C26H22N2O6. The summed E-state index contributed by atoms with van der Waals surface area (Å²) in [7, 11) is 3.72. The summed E-state index contributed by atoms with van der Waals surface area (Å²) in [5.41, 5.74) is 1.54. The van der Waals surface area contributed by atoms with Crippen molar-refractivity contribution in [2.45, 2.75) is 12.2 Å². The van der Waals surface area contributed by atoms with Crippen LogP contribution in [-0.2, 0) is 19.1 Å². The molecule has 1 aliphatic heterocycles. The lowest BCUT2D eigenvalue weighted by atomic mass is 10.2. The van der Waals surface area contributed by atoms with Crippen LogP contribution in [0.4, 0.5) is 11.4 Å². The Kier molecular flexibility index (Phi) is 6.40. The number of benzene rings is 3. The molecule has 0 saturated carbocycles. The summed E-state index contributed by atoms with van der Waals surface area (Å²) in [6, 6.07) is 22.8. The first-order valence-corrected chi connectivity index (χ1v) is 10.5. The highest BCUT2D eigenvalue weighted by molar-refractivity contribution is 6.25. The topological polar surface area (TPSA) is 93.2 Å². The minimum atomic E-state index is -1.62. The Morgan fingerprint density at radius 1 is 0.676 bits per heavy atom. The number of carbonyl (C=O) groups excluding carboxylic acids is 4. The van der Waals surface area contributed by atoms with E-state index in [4.69, 9.17) is 9.47 Å². The number of nitrogens with zero attached hydrogens (tertiary/aromatic N) is 2. The van der Waals surface area contributed by atoms with Crippen molar-refractivity contribution >= 4 is 35.1 Å². The molecule has 3 aromatic rings. The smallest absolute Gasteiger partial charge is 0.339 e. The van der Waals surface area contributed by atoms with E-state index < -0.39 is 36.0 Å². The van der Waals surface area contributed by atoms with Gasteiger partial charge in [0.25, 0.3) is 11.8 Å². The van der Waals surface area contributed by atoms with E-state index in [0.717, 1.165) is 10.6 Å². The van der Waals surface area contributed by atoms with Crippen LogP contribution in [-0.4, -0.2) is 50.1 Å². The van der Waals surface area contributed by atoms with Crippen molar-refractivity contribution in [3.63, 3.8) is 0 Å². The molecule has 0 spiro atoms. The highest BCUT2D eigenvalue weighted by atomic mass is 16.6. The number of rotatable bonds is 6. The van der Waals surface area contributed by atoms with Crippen molar-refractivity contribution in [1.82, 2.24) is 0 Å². The molecule has 8 nitrogen and oxygen atoms in total. The molecule has 1 saturated heterocycles. The second-order valence-electron chi connectivity index (χ2n) is 7.81. The highest BCUT2D eigenvalue weighted by Gasteiger charge is 2.53. The van der Waals surface area contributed by atoms with Gasteiger partial charge < -0.3 is 14.4 Å². The Bertz CT molecular complexity index is 1140. The van der Waals surface area contributed by atoms with Gasteiger partial charge in [0.05, 0.1) is 16.8 Å². The molecule has 2 amide bonds. The van der Waals surface area contributed by atoms with E-state index in [9.17, 15) is 19.2 Å². The van der Waals surface area contributed by atoms with E-state index in [-0.39, 0.29) is 16.8 Å². The van der Waals surface area contributed by atoms with E-state index in [1.165, 1.54) is 24.3 Å². The molecule has 34 heavy (non-hydrogen) atoms. The first kappa shape index (κ1) is 22.7. The molecule has 1 heterocycles. The minimum Gasteiger partial charge on any atom is -0.444 e. The van der Waals surface area contributed by atoms with Crippen molar-refractivity contribution in [2.75, 3.05) is 23.9 Å². The number of hydrogen-bond acceptors (Lipinski definition) is 7. The second-order valence-corrected chi connectivity index (χ2v) is 7.81. The summed E-state index contributed by atoms with van der Waals surface area (Å²) in [6.45, 7) is 0. The van der Waals surface area contributed by atoms with E-state index >= 15 is 0 Å². The first-order chi connectivity index (χ1) is 16.4. The maximum absolute atomic E-state index is 13.3. The molecule has 0 bridgehead atoms. The zero-order valence-corrected chi connectivity index (χ0v) is 18.6. The molecular weight excluding hydrogens is 436 g/mol. The molecule has 0 aromatic heterocycles. The van der Waals surface area contributed by atoms with Gasteiger partial charge in [-0.05, 0) is 48.5 Å². The lowest BCUT2D eigenvalue weighted by Crippen LogP contribution is -2.37. The molecule has 0 N–H and O–H groups in total. The molecule has 3 aromatic carbocycles. The maximum atomic E-state index is 13.3. The number of esters is 2. The third-order valence-electron chi connectivity index (χ3n) is 5.31. The number of anilines is 2. The fraction of sp³-hybridized carbons (Fsp3) is 0.154. The van der Waals surface area contributed by atoms with Crippen molar-refractivity contribution < 1.29 is 28.7 Å². The Balaban J connectivity index is 1.65. The van der Waals surface area contributed by atoms with Gasteiger partial charge >= 0.3 is 11.9 Å². The van der Waals surface area contributed by atoms with Crippen LogP contribution in [0.5, 0.6) is 0 Å². The average molecular weight is 458 g/mol. The molecule has 0 unspecified atom stereocenters. The van der Waals surface area contributed by atoms with Gasteiger partial charge in [0.1, 0.15) is 0 Å². The summed E-state index contributed by atoms with van der Waals surface area (Å²) in [5, 5.41) is 0. The molecule has 1 aliphatic rings. The van der Waals surface area contributed by atoms with Crippen LogP contribution in [0.3, 0.4) is 0 Å². The van der Waals surface area contributed by atoms with Gasteiger partial charge in [0, 0.05) is 19.8 Å². The molecule has 2 atom stereocenters. The Morgan fingerprint density at radius 3 is 1.47 bits per heavy atom. The van der Waals surface area contributed by atoms with Crippen LogP contribution >= 0.6 is 0 Å². The predicted molar refractivity (Wildman–Crippen MR) is 125 cm³/mol. The van der Waals surface area contributed by atoms with Crippen LogP contribution in [0.1, 0.15) is 20.7 Å². The molecule has 172 valence electrons. The quantitative estimate of drug-likeness (QED) is 0.414. The number of hydrogen-bond donors (Lipinski definition) is 0. The lowest BCUT2D eigenvalue weighted by molar-refractivity contribution is -0.130. The van der Waals surface area contributed by atoms with Gasteiger partial charge in [-0.15, -0.1) is 0 Å². The maximum Gasteiger partial charge on any atom is 0.339 e. The van der Waals surface area contributed by atoms with Gasteiger partial charge in [-0.25, -0.2) is 14.5 Å². The number of ether oxygens (including phenoxy) is 2. The normalized spacial score (nSPS) is 17.4. The first-order valence-electron chi connectivity index (χ1n) is 10.5. The Hall–Kier alpha value is -4.46. The van der Waals surface area contributed by atoms with E-state index in [1.54, 1.807) is 60.7 Å². The van der Waals surface area contributed by atoms with Crippen molar-refractivity contribution in [3.05, 3.63) is 96.1 Å². The predicted octanol–water partition coefficient (Wildman–Crippen LogP) is 3.08. The average Bonchev–Trinajstić information content (AvgIpc) is 3.08. The van der Waals surface area contributed by atoms with Crippen LogP contribution in [0.2, 0.25) is 0 Å². The van der Waals surface area contributed by atoms with Crippen LogP contribution in [0.15, 0.2) is 84.9 Å². The van der Waals surface area contributed by atoms with E-state index in [2.05, 4.69) is 0 Å². The minimum absolute atomic E-state index is 0.199. The van der Waals surface area contributed by atoms with Gasteiger partial charge in [-0.1, -0.05) is 36.4 Å². The van der Waals surface area contributed by atoms with Gasteiger partial charge in [0.15, 0.2) is 0 Å². The number of amides is 2. The molecule has 0 aliphatic carbocycles. The van der Waals surface area contributed by atoms with Crippen molar-refractivity contribution in [1.29, 1.82) is 0 Å². The highest BCUT2D eigenvalue weighted by Crippen LogP contribution is 2.29. The fourth-order valence-corrected chi connectivity index (χ4v) is 3.52. The van der Waals surface area contributed by atoms with Crippen LogP contribution in [0.25, 0.3) is 0 Å². The van der Waals surface area contributed by atoms with E-state index in [1.807, 2.05) is 19.0 Å². The summed E-state index contributed by atoms with van der Waals surface area (Å²) < 4.78 is 10.8. The lowest BCUT2D eigenvalue weighted by Gasteiger charge is -2.17. The third-order valence-corrected chi connectivity index (χ3v) is 5.31. The standard InChI is InChI=1S/C26H22N2O6/c1-27(2)19-13-15-20(16-14-19)28-23(29)21(33-25(31)17-9-5-3-6-10-17)22(24(28)30)34-26(32)18-11-7-4-8-12-18/h3-16,21-22H,1-2H3/t21-,22-/m0/s1. The third kappa shape index (κ3) is 4.52.